The maximum Gasteiger partial charge on any atom is 0.0236 e. The van der Waals surface area contributed by atoms with Crippen molar-refractivity contribution in [2.45, 2.75) is 195 Å². The lowest BCUT2D eigenvalue weighted by Gasteiger charge is -2.25. The summed E-state index contributed by atoms with van der Waals surface area (Å²) in [7, 11) is 0. The number of hydrogen-bond donors (Lipinski definition) is 0. The van der Waals surface area contributed by atoms with Gasteiger partial charge in [-0.2, -0.15) is 0 Å². The lowest BCUT2D eigenvalue weighted by molar-refractivity contribution is 0.258. The van der Waals surface area contributed by atoms with Crippen LogP contribution in [-0.4, -0.2) is 36.0 Å². The minimum Gasteiger partial charge on any atom is -0.299 e. The highest BCUT2D eigenvalue weighted by atomic mass is 15.1. The van der Waals surface area contributed by atoms with Crippen molar-refractivity contribution >= 4 is 0 Å². The molecule has 0 aliphatic heterocycles. The van der Waals surface area contributed by atoms with Gasteiger partial charge in [0.25, 0.3) is 0 Å². The van der Waals surface area contributed by atoms with Crippen molar-refractivity contribution in [3.63, 3.8) is 0 Å². The summed E-state index contributed by atoms with van der Waals surface area (Å²) in [5, 5.41) is 0. The van der Waals surface area contributed by atoms with E-state index < -0.39 is 0 Å². The summed E-state index contributed by atoms with van der Waals surface area (Å²) in [4.78, 5) is 5.35. The van der Waals surface area contributed by atoms with Crippen LogP contribution >= 0.6 is 0 Å². The van der Waals surface area contributed by atoms with Crippen molar-refractivity contribution in [3.05, 3.63) is 35.4 Å². The van der Waals surface area contributed by atoms with Gasteiger partial charge in [0.1, 0.15) is 0 Å². The number of unbranched alkanes of at least 4 members (excludes halogenated alkanes) is 22. The van der Waals surface area contributed by atoms with Crippen LogP contribution in [0.4, 0.5) is 0 Å². The quantitative estimate of drug-likeness (QED) is 0.0777. The third-order valence-corrected chi connectivity index (χ3v) is 9.46. The van der Waals surface area contributed by atoms with Gasteiger partial charge in [-0.25, -0.2) is 0 Å². The molecule has 0 aliphatic rings. The molecule has 0 N–H and O–H groups in total. The lowest BCUT2D eigenvalue weighted by Crippen LogP contribution is -2.27. The molecule has 1 aromatic carbocycles. The molecule has 0 aliphatic carbocycles. The maximum absolute atomic E-state index is 2.68. The Hall–Kier alpha value is -0.860. The predicted molar refractivity (Wildman–Crippen MR) is 190 cm³/mol. The minimum atomic E-state index is 1.11. The van der Waals surface area contributed by atoms with Gasteiger partial charge in [-0.1, -0.05) is 193 Å². The van der Waals surface area contributed by atoms with Gasteiger partial charge in [-0.3, -0.25) is 9.80 Å². The van der Waals surface area contributed by atoms with Crippen LogP contribution in [0.1, 0.15) is 193 Å². The van der Waals surface area contributed by atoms with Crippen LogP contribution in [0.15, 0.2) is 24.3 Å². The summed E-state index contributed by atoms with van der Waals surface area (Å²) in [6.45, 7) is 16.3. The van der Waals surface area contributed by atoms with Crippen molar-refractivity contribution < 1.29 is 0 Å². The molecule has 0 saturated heterocycles. The molecule has 0 atom stereocenters. The van der Waals surface area contributed by atoms with Gasteiger partial charge in [-0.05, 0) is 50.1 Å². The van der Waals surface area contributed by atoms with Gasteiger partial charge in [-0.15, -0.1) is 0 Å². The van der Waals surface area contributed by atoms with E-state index in [0.717, 1.165) is 26.2 Å². The second-order valence-electron chi connectivity index (χ2n) is 13.3. The van der Waals surface area contributed by atoms with Gasteiger partial charge in [0.15, 0.2) is 0 Å². The van der Waals surface area contributed by atoms with E-state index in [1.54, 1.807) is 11.1 Å². The fraction of sp³-hybridized carbons (Fsp3) is 0.850. The minimum absolute atomic E-state index is 1.11. The maximum atomic E-state index is 2.68. The van der Waals surface area contributed by atoms with Gasteiger partial charge in [0.05, 0.1) is 0 Å². The summed E-state index contributed by atoms with van der Waals surface area (Å²) in [6, 6.07) is 9.27. The van der Waals surface area contributed by atoms with Gasteiger partial charge < -0.3 is 0 Å². The number of nitrogens with zero attached hydrogens (tertiary/aromatic N) is 2. The van der Waals surface area contributed by atoms with Crippen molar-refractivity contribution in [1.82, 2.24) is 9.80 Å². The Morgan fingerprint density at radius 1 is 0.357 bits per heavy atom. The van der Waals surface area contributed by atoms with E-state index in [4.69, 9.17) is 0 Å². The zero-order valence-corrected chi connectivity index (χ0v) is 29.4. The molecule has 246 valence electrons. The molecule has 0 fully saturated rings. The molecule has 42 heavy (non-hydrogen) atoms. The van der Waals surface area contributed by atoms with E-state index in [0.29, 0.717) is 0 Å². The SMILES string of the molecule is CCCCCCCCCCCCCCN(CC)Cc1ccccc1CN(CC)CCCCCCCCCCCCCC. The van der Waals surface area contributed by atoms with E-state index in [1.807, 2.05) is 0 Å². The molecule has 0 spiro atoms. The zero-order chi connectivity index (χ0) is 30.4. The third kappa shape index (κ3) is 22.6. The zero-order valence-electron chi connectivity index (χ0n) is 29.4. The molecule has 0 bridgehead atoms. The first-order chi connectivity index (χ1) is 20.7. The standard InChI is InChI=1S/C40H76N2/c1-5-9-11-13-15-17-19-21-23-25-27-31-35-41(7-3)37-39-33-29-30-34-40(39)38-42(8-4)36-32-28-26-24-22-20-18-16-14-12-10-6-2/h29-30,33-34H,5-28,31-32,35-38H2,1-4H3. The molecule has 0 aromatic heterocycles. The van der Waals surface area contributed by atoms with Crippen molar-refractivity contribution in [1.29, 1.82) is 0 Å². The van der Waals surface area contributed by atoms with Crippen LogP contribution in [0.3, 0.4) is 0 Å². The van der Waals surface area contributed by atoms with Gasteiger partial charge in [0, 0.05) is 13.1 Å². The molecule has 1 rings (SSSR count). The largest absolute Gasteiger partial charge is 0.299 e. The normalized spacial score (nSPS) is 11.8. The van der Waals surface area contributed by atoms with Crippen molar-refractivity contribution in [2.75, 3.05) is 26.2 Å². The molecule has 0 saturated carbocycles. The molecule has 0 amide bonds. The second kappa shape index (κ2) is 30.2. The Morgan fingerprint density at radius 2 is 0.619 bits per heavy atom. The Kier molecular flexibility index (Phi) is 28.1. The molecule has 0 radical (unpaired) electrons. The topological polar surface area (TPSA) is 6.48 Å². The Balaban J connectivity index is 2.20. The van der Waals surface area contributed by atoms with Crippen LogP contribution in [0, 0.1) is 0 Å². The van der Waals surface area contributed by atoms with Crippen LogP contribution < -0.4 is 0 Å². The molecular formula is C40H76N2. The number of rotatable bonds is 32. The van der Waals surface area contributed by atoms with E-state index >= 15 is 0 Å². The highest BCUT2D eigenvalue weighted by Gasteiger charge is 2.11. The molecule has 0 unspecified atom stereocenters. The van der Waals surface area contributed by atoms with Crippen LogP contribution in [0.25, 0.3) is 0 Å². The summed E-state index contributed by atoms with van der Waals surface area (Å²) >= 11 is 0. The molecular weight excluding hydrogens is 508 g/mol. The molecule has 2 nitrogen and oxygen atoms in total. The second-order valence-corrected chi connectivity index (χ2v) is 13.3. The van der Waals surface area contributed by atoms with Crippen LogP contribution in [0.5, 0.6) is 0 Å². The first-order valence-electron chi connectivity index (χ1n) is 19.3. The van der Waals surface area contributed by atoms with E-state index in [-0.39, 0.29) is 0 Å². The summed E-state index contributed by atoms with van der Waals surface area (Å²) in [5.74, 6) is 0. The van der Waals surface area contributed by atoms with E-state index in [2.05, 4.69) is 61.8 Å². The Bertz CT molecular complexity index is 614. The average Bonchev–Trinajstić information content (AvgIpc) is 3.01. The number of hydrogen-bond acceptors (Lipinski definition) is 2. The molecule has 1 aromatic rings. The first-order valence-corrected chi connectivity index (χ1v) is 19.3. The van der Waals surface area contributed by atoms with Crippen molar-refractivity contribution in [3.8, 4) is 0 Å². The van der Waals surface area contributed by atoms with Gasteiger partial charge in [0.2, 0.25) is 0 Å². The molecule has 2 heteroatoms. The summed E-state index contributed by atoms with van der Waals surface area (Å²) < 4.78 is 0. The third-order valence-electron chi connectivity index (χ3n) is 9.46. The van der Waals surface area contributed by atoms with Gasteiger partial charge >= 0.3 is 0 Å². The summed E-state index contributed by atoms with van der Waals surface area (Å²) in [6.07, 6.45) is 34.3. The Morgan fingerprint density at radius 3 is 0.881 bits per heavy atom. The van der Waals surface area contributed by atoms with E-state index in [1.165, 1.54) is 167 Å². The summed E-state index contributed by atoms with van der Waals surface area (Å²) in [5.41, 5.74) is 3.10. The van der Waals surface area contributed by atoms with Crippen LogP contribution in [0.2, 0.25) is 0 Å². The van der Waals surface area contributed by atoms with Crippen LogP contribution in [-0.2, 0) is 13.1 Å². The highest BCUT2D eigenvalue weighted by Crippen LogP contribution is 2.17. The predicted octanol–water partition coefficient (Wildman–Crippen LogP) is 12.7. The lowest BCUT2D eigenvalue weighted by atomic mass is 10.0. The smallest absolute Gasteiger partial charge is 0.0236 e. The average molecular weight is 585 g/mol. The van der Waals surface area contributed by atoms with E-state index in [9.17, 15) is 0 Å². The molecule has 0 heterocycles. The number of benzene rings is 1. The fourth-order valence-electron chi connectivity index (χ4n) is 6.40. The highest BCUT2D eigenvalue weighted by molar-refractivity contribution is 5.27. The fourth-order valence-corrected chi connectivity index (χ4v) is 6.40. The monoisotopic (exact) mass is 585 g/mol. The van der Waals surface area contributed by atoms with Crippen molar-refractivity contribution in [2.24, 2.45) is 0 Å². The Labute approximate surface area is 265 Å². The first kappa shape index (κ1) is 39.2.